The predicted molar refractivity (Wildman–Crippen MR) is 88.4 cm³/mol. The fourth-order valence-corrected chi connectivity index (χ4v) is 4.06. The van der Waals surface area contributed by atoms with Crippen LogP contribution in [0.25, 0.3) is 17.2 Å². The van der Waals surface area contributed by atoms with Crippen molar-refractivity contribution in [3.63, 3.8) is 0 Å². The summed E-state index contributed by atoms with van der Waals surface area (Å²) in [5.41, 5.74) is 3.41. The smallest absolute Gasteiger partial charge is 0.373 e. The summed E-state index contributed by atoms with van der Waals surface area (Å²) in [6.07, 6.45) is 1.84. The van der Waals surface area contributed by atoms with Crippen molar-refractivity contribution in [3.05, 3.63) is 60.7 Å². The molecule has 21 heavy (non-hydrogen) atoms. The van der Waals surface area contributed by atoms with E-state index in [1.54, 1.807) is 21.3 Å². The van der Waals surface area contributed by atoms with Crippen LogP contribution in [0.3, 0.4) is 0 Å². The first kappa shape index (κ1) is 15.7. The van der Waals surface area contributed by atoms with E-state index in [2.05, 4.69) is 43.0 Å². The lowest BCUT2D eigenvalue weighted by Gasteiger charge is -2.24. The topological polar surface area (TPSA) is 27.7 Å². The van der Waals surface area contributed by atoms with E-state index < -0.39 is 8.80 Å². The monoisotopic (exact) mass is 300 g/mol. The summed E-state index contributed by atoms with van der Waals surface area (Å²) < 4.78 is 16.4. The molecule has 0 aliphatic rings. The molecule has 0 amide bonds. The standard InChI is InChI=1S/C17H20O3Si/c1-5-14-6-8-15(9-7-14)16-10-12-17(13-11-16)21(18-2,19-3)20-4/h5-13H,1H2,2-4H3. The first-order valence-electron chi connectivity index (χ1n) is 6.68. The maximum Gasteiger partial charge on any atom is 0.536 e. The van der Waals surface area contributed by atoms with Crippen molar-refractivity contribution in [2.75, 3.05) is 21.3 Å². The molecule has 2 aromatic carbocycles. The highest BCUT2D eigenvalue weighted by molar-refractivity contribution is 6.75. The Hall–Kier alpha value is -1.72. The van der Waals surface area contributed by atoms with Crippen LogP contribution in [0.5, 0.6) is 0 Å². The minimum atomic E-state index is -2.75. The van der Waals surface area contributed by atoms with Crippen molar-refractivity contribution in [2.45, 2.75) is 0 Å². The average Bonchev–Trinajstić information content (AvgIpc) is 2.58. The molecule has 110 valence electrons. The van der Waals surface area contributed by atoms with Gasteiger partial charge in [-0.15, -0.1) is 0 Å². The van der Waals surface area contributed by atoms with Gasteiger partial charge in [0.05, 0.1) is 0 Å². The summed E-state index contributed by atoms with van der Waals surface area (Å²) in [5, 5.41) is 0.946. The fraction of sp³-hybridized carbons (Fsp3) is 0.176. The molecule has 0 spiro atoms. The highest BCUT2D eigenvalue weighted by Crippen LogP contribution is 2.20. The third kappa shape index (κ3) is 3.14. The Labute approximate surface area is 127 Å². The van der Waals surface area contributed by atoms with Crippen molar-refractivity contribution < 1.29 is 13.3 Å². The molecule has 2 rings (SSSR count). The fourth-order valence-electron chi connectivity index (χ4n) is 2.28. The summed E-state index contributed by atoms with van der Waals surface area (Å²) in [7, 11) is 2.09. The zero-order chi connectivity index (χ0) is 15.3. The normalized spacial score (nSPS) is 11.4. The van der Waals surface area contributed by atoms with Gasteiger partial charge in [0.15, 0.2) is 0 Å². The highest BCUT2D eigenvalue weighted by atomic mass is 28.4. The first-order valence-corrected chi connectivity index (χ1v) is 8.40. The SMILES string of the molecule is C=Cc1ccc(-c2ccc([Si](OC)(OC)OC)cc2)cc1. The van der Waals surface area contributed by atoms with Crippen LogP contribution in [-0.2, 0) is 13.3 Å². The van der Waals surface area contributed by atoms with E-state index in [0.29, 0.717) is 0 Å². The molecule has 0 unspecified atom stereocenters. The zero-order valence-corrected chi connectivity index (χ0v) is 13.6. The van der Waals surface area contributed by atoms with Crippen molar-refractivity contribution in [3.8, 4) is 11.1 Å². The largest absolute Gasteiger partial charge is 0.536 e. The van der Waals surface area contributed by atoms with Gasteiger partial charge in [-0.3, -0.25) is 0 Å². The highest BCUT2D eigenvalue weighted by Gasteiger charge is 2.40. The van der Waals surface area contributed by atoms with Crippen LogP contribution in [0.2, 0.25) is 0 Å². The molecule has 0 aliphatic carbocycles. The average molecular weight is 300 g/mol. The quantitative estimate of drug-likeness (QED) is 0.767. The first-order chi connectivity index (χ1) is 10.2. The van der Waals surface area contributed by atoms with Gasteiger partial charge in [-0.05, 0) is 16.7 Å². The summed E-state index contributed by atoms with van der Waals surface area (Å²) >= 11 is 0. The molecule has 0 saturated carbocycles. The Morgan fingerprint density at radius 2 is 1.19 bits per heavy atom. The lowest BCUT2D eigenvalue weighted by Crippen LogP contribution is -2.54. The molecule has 0 radical (unpaired) electrons. The summed E-state index contributed by atoms with van der Waals surface area (Å²) in [5.74, 6) is 0. The Kier molecular flexibility index (Phi) is 5.09. The van der Waals surface area contributed by atoms with E-state index in [4.69, 9.17) is 13.3 Å². The van der Waals surface area contributed by atoms with Crippen molar-refractivity contribution in [1.29, 1.82) is 0 Å². The maximum atomic E-state index is 5.48. The summed E-state index contributed by atoms with van der Waals surface area (Å²) in [6.45, 7) is 3.76. The third-order valence-corrected chi connectivity index (χ3v) is 6.18. The molecule has 0 fully saturated rings. The Morgan fingerprint density at radius 3 is 1.57 bits per heavy atom. The van der Waals surface area contributed by atoms with Gasteiger partial charge >= 0.3 is 8.80 Å². The molecule has 0 bridgehead atoms. The summed E-state index contributed by atoms with van der Waals surface area (Å²) in [4.78, 5) is 0. The van der Waals surface area contributed by atoms with E-state index in [1.807, 2.05) is 18.2 Å². The van der Waals surface area contributed by atoms with Crippen LogP contribution in [0.15, 0.2) is 55.1 Å². The van der Waals surface area contributed by atoms with E-state index in [0.717, 1.165) is 21.9 Å². The Bertz CT molecular complexity index is 578. The summed E-state index contributed by atoms with van der Waals surface area (Å²) in [6, 6.07) is 16.4. The minimum absolute atomic E-state index is 0.946. The molecule has 2 aromatic rings. The van der Waals surface area contributed by atoms with Gasteiger partial charge in [-0.25, -0.2) is 0 Å². The van der Waals surface area contributed by atoms with Gasteiger partial charge in [-0.1, -0.05) is 61.2 Å². The van der Waals surface area contributed by atoms with Gasteiger partial charge in [0, 0.05) is 26.5 Å². The molecule has 4 heteroatoms. The van der Waals surface area contributed by atoms with Gasteiger partial charge in [0.2, 0.25) is 0 Å². The maximum absolute atomic E-state index is 5.48. The van der Waals surface area contributed by atoms with Gasteiger partial charge in [-0.2, -0.15) is 0 Å². The molecule has 0 aliphatic heterocycles. The molecule has 0 atom stereocenters. The van der Waals surface area contributed by atoms with Crippen LogP contribution in [0, 0.1) is 0 Å². The van der Waals surface area contributed by atoms with Crippen LogP contribution in [0.4, 0.5) is 0 Å². The Morgan fingerprint density at radius 1 is 0.762 bits per heavy atom. The number of hydrogen-bond donors (Lipinski definition) is 0. The van der Waals surface area contributed by atoms with Gasteiger partial charge in [0.1, 0.15) is 0 Å². The molecule has 0 aromatic heterocycles. The molecule has 0 heterocycles. The van der Waals surface area contributed by atoms with Crippen LogP contribution in [-0.4, -0.2) is 30.1 Å². The number of hydrogen-bond acceptors (Lipinski definition) is 3. The molecular weight excluding hydrogens is 280 g/mol. The lowest BCUT2D eigenvalue weighted by atomic mass is 10.0. The molecular formula is C17H20O3Si. The Balaban J connectivity index is 2.31. The van der Waals surface area contributed by atoms with E-state index >= 15 is 0 Å². The van der Waals surface area contributed by atoms with E-state index in [1.165, 1.54) is 0 Å². The number of rotatable bonds is 6. The minimum Gasteiger partial charge on any atom is -0.373 e. The lowest BCUT2D eigenvalue weighted by molar-refractivity contribution is 0.140. The van der Waals surface area contributed by atoms with Crippen LogP contribution in [0.1, 0.15) is 5.56 Å². The van der Waals surface area contributed by atoms with E-state index in [9.17, 15) is 0 Å². The van der Waals surface area contributed by atoms with Crippen molar-refractivity contribution in [2.24, 2.45) is 0 Å². The second-order valence-corrected chi connectivity index (χ2v) is 7.49. The van der Waals surface area contributed by atoms with E-state index in [-0.39, 0.29) is 0 Å². The van der Waals surface area contributed by atoms with Gasteiger partial charge < -0.3 is 13.3 Å². The van der Waals surface area contributed by atoms with Crippen LogP contribution < -0.4 is 5.19 Å². The molecule has 0 saturated heterocycles. The number of benzene rings is 2. The van der Waals surface area contributed by atoms with Crippen molar-refractivity contribution in [1.82, 2.24) is 0 Å². The van der Waals surface area contributed by atoms with Gasteiger partial charge in [0.25, 0.3) is 0 Å². The molecule has 0 N–H and O–H groups in total. The second kappa shape index (κ2) is 6.82. The third-order valence-electron chi connectivity index (χ3n) is 3.52. The molecule has 3 nitrogen and oxygen atoms in total. The zero-order valence-electron chi connectivity index (χ0n) is 12.6. The van der Waals surface area contributed by atoms with Crippen molar-refractivity contribution >= 4 is 20.1 Å². The van der Waals surface area contributed by atoms with Crippen LogP contribution >= 0.6 is 0 Å². The predicted octanol–water partition coefficient (Wildman–Crippen LogP) is 3.08. The second-order valence-electron chi connectivity index (χ2n) is 4.57.